The molecule has 0 saturated carbocycles. The van der Waals surface area contributed by atoms with Gasteiger partial charge in [0.2, 0.25) is 70.9 Å². The predicted molar refractivity (Wildman–Crippen MR) is 397 cm³/mol. The first-order chi connectivity index (χ1) is 50.7. The van der Waals surface area contributed by atoms with Crippen LogP contribution < -0.4 is 69.5 Å². The first-order valence-electron chi connectivity index (χ1n) is 37.4. The van der Waals surface area contributed by atoms with E-state index in [1.54, 1.807) is 127 Å². The van der Waals surface area contributed by atoms with E-state index in [4.69, 9.17) is 10.5 Å². The maximum absolute atomic E-state index is 15.0. The SMILES string of the molecule is C/C=C1\NC(=O)[C@H](Cc2ccccc2)NC(=O)[C@@H](C(C)C)NC(=O)[C@@H]([C@H](C)CC)NC(=O)[C@H](NC(=O)[C@H](NC(=O)[C@H](CCCN)NC(=O)[C@H]2CCCN2C(=O)[C@H](NC(=O)[C@@H](NC(=O)[C@@H](NC(=O)[C@H](NC(=O)Cc2cc(F)cc(F)c2)C(C)C)[C@@H](C)O)C(C)C)C(C)C)[C@H](C)CC)[C@H](C)OC(=O)[C@H](C(C)C)NC1=O. The van der Waals surface area contributed by atoms with Gasteiger partial charge in [-0.25, -0.2) is 13.6 Å². The van der Waals surface area contributed by atoms with E-state index < -0.39 is 227 Å². The molecule has 0 bridgehead atoms. The van der Waals surface area contributed by atoms with Gasteiger partial charge in [0.15, 0.2) is 0 Å². The number of ether oxygens (including phenoxy) is 1. The second kappa shape index (κ2) is 42.9. The number of hydrogen-bond donors (Lipinski definition) is 14. The van der Waals surface area contributed by atoms with Crippen molar-refractivity contribution >= 4 is 82.8 Å². The summed E-state index contributed by atoms with van der Waals surface area (Å²) in [5.41, 5.74) is 6.30. The highest BCUT2D eigenvalue weighted by molar-refractivity contribution is 6.03. The van der Waals surface area contributed by atoms with Crippen LogP contribution in [-0.2, 0) is 84.7 Å². The first kappa shape index (κ1) is 90.9. The summed E-state index contributed by atoms with van der Waals surface area (Å²) in [7, 11) is 0. The number of carbonyl (C=O) groups excluding carboxylic acids is 14. The van der Waals surface area contributed by atoms with Crippen molar-refractivity contribution < 1.29 is 85.7 Å². The number of amides is 13. The molecule has 600 valence electrons. The predicted octanol–water partition coefficient (Wildman–Crippen LogP) is 1.53. The van der Waals surface area contributed by atoms with E-state index in [0.717, 1.165) is 12.1 Å². The van der Waals surface area contributed by atoms with Crippen molar-refractivity contribution in [1.29, 1.82) is 0 Å². The van der Waals surface area contributed by atoms with Crippen molar-refractivity contribution in [2.24, 2.45) is 47.2 Å². The maximum atomic E-state index is 15.0. The Balaban J connectivity index is 1.62. The van der Waals surface area contributed by atoms with E-state index in [9.17, 15) is 71.4 Å². The molecule has 2 saturated heterocycles. The van der Waals surface area contributed by atoms with Crippen molar-refractivity contribution in [3.63, 3.8) is 0 Å². The number of nitrogens with zero attached hydrogens (tertiary/aromatic N) is 1. The van der Waals surface area contributed by atoms with E-state index in [2.05, 4.69) is 63.8 Å². The number of hydrogen-bond acceptors (Lipinski definition) is 17. The number of benzene rings is 2. The van der Waals surface area contributed by atoms with Gasteiger partial charge in [-0.05, 0) is 118 Å². The first-order valence-corrected chi connectivity index (χ1v) is 37.4. The number of rotatable bonds is 31. The Labute approximate surface area is 631 Å². The van der Waals surface area contributed by atoms with Crippen LogP contribution in [0.25, 0.3) is 0 Å². The molecule has 0 aliphatic carbocycles. The van der Waals surface area contributed by atoms with Crippen LogP contribution >= 0.6 is 0 Å². The number of allylic oxidation sites excluding steroid dienone is 1. The van der Waals surface area contributed by atoms with Gasteiger partial charge in [0, 0.05) is 19.0 Å². The van der Waals surface area contributed by atoms with Gasteiger partial charge < -0.3 is 84.3 Å². The minimum atomic E-state index is -1.84. The van der Waals surface area contributed by atoms with Gasteiger partial charge in [0.05, 0.1) is 12.5 Å². The molecule has 2 aliphatic rings. The average molecular weight is 1520 g/mol. The number of carbonyl (C=O) groups is 14. The number of halogens is 2. The van der Waals surface area contributed by atoms with Crippen molar-refractivity contribution in [2.45, 2.75) is 254 Å². The molecular weight excluding hydrogens is 1400 g/mol. The normalized spacial score (nSPS) is 22.2. The highest BCUT2D eigenvalue weighted by Crippen LogP contribution is 2.23. The fourth-order valence-electron chi connectivity index (χ4n) is 12.3. The Hall–Kier alpha value is -9.46. The molecule has 2 heterocycles. The molecule has 0 spiro atoms. The summed E-state index contributed by atoms with van der Waals surface area (Å²) in [5, 5.41) is 42.6. The Morgan fingerprint density at radius 3 is 1.69 bits per heavy atom. The van der Waals surface area contributed by atoms with Gasteiger partial charge in [0.1, 0.15) is 95.9 Å². The molecule has 16 atom stereocenters. The lowest BCUT2D eigenvalue weighted by molar-refractivity contribution is -0.157. The quantitative estimate of drug-likeness (QED) is 0.0376. The van der Waals surface area contributed by atoms with Gasteiger partial charge in [-0.3, -0.25) is 62.3 Å². The van der Waals surface area contributed by atoms with Gasteiger partial charge in [-0.15, -0.1) is 0 Å². The summed E-state index contributed by atoms with van der Waals surface area (Å²) in [4.78, 5) is 202. The lowest BCUT2D eigenvalue weighted by Gasteiger charge is -2.33. The Morgan fingerprint density at radius 2 is 1.16 bits per heavy atom. The summed E-state index contributed by atoms with van der Waals surface area (Å²) in [6.45, 7) is 27.0. The van der Waals surface area contributed by atoms with Crippen molar-refractivity contribution in [3.05, 3.63) is 83.1 Å². The number of cyclic esters (lactones) is 1. The number of likely N-dealkylation sites (tertiary alicyclic amines) is 1. The van der Waals surface area contributed by atoms with Gasteiger partial charge in [0.25, 0.3) is 5.91 Å². The summed E-state index contributed by atoms with van der Waals surface area (Å²) >= 11 is 0. The van der Waals surface area contributed by atoms with Crippen LogP contribution in [0.1, 0.15) is 167 Å². The third-order valence-electron chi connectivity index (χ3n) is 19.4. The van der Waals surface area contributed by atoms with E-state index in [1.807, 2.05) is 0 Å². The lowest BCUT2D eigenvalue weighted by Crippen LogP contribution is -2.64. The Kier molecular flexibility index (Phi) is 36.1. The molecule has 13 amide bonds. The second-order valence-corrected chi connectivity index (χ2v) is 29.9. The van der Waals surface area contributed by atoms with Gasteiger partial charge in [-0.2, -0.15) is 0 Å². The highest BCUT2D eigenvalue weighted by Gasteiger charge is 2.45. The molecule has 0 unspecified atom stereocenters. The standard InChI is InChI=1S/C76H116F2N14O16/c1-18-42(14)60(72(103)91-63-45(17)108-76(107)59(41(12)13)87-64(95)50(20-3)80-66(97)52(34-46-26-22-21-23-27-46)82-68(99)56(38(6)7)84-71(102)61(43(15)19-2)89-74(63)105)88-65(96)51(28-24-30-79)81-67(98)53-29-25-31-92(53)75(106)58(40(10)11)86-70(101)57(39(8)9)85-73(104)62(44(16)93)90-69(100)55(37(4)5)83-54(94)35-47-32-48(77)36-49(78)33-47/h20-23,26-27,32-33,36-45,51-53,55-63,93H,18-19,24-25,28-31,34-35,79H2,1-17H3,(H,80,97)(H,81,98)(H,82,99)(H,83,94)(H,84,102)(H,85,104)(H,86,101)(H,87,95)(H,88,96)(H,89,105)(H,90,100)(H,91,103)/b50-20-/t42-,43-,44-,45+,51+,52+,53-,55-,56-,57+,58-,59+,60-,61-,62+,63-/m1/s1. The Morgan fingerprint density at radius 1 is 0.620 bits per heavy atom. The topological polar surface area (TPSA) is 442 Å². The summed E-state index contributed by atoms with van der Waals surface area (Å²) in [6.07, 6.45) is -1.37. The van der Waals surface area contributed by atoms with E-state index in [-0.39, 0.29) is 56.5 Å². The van der Waals surface area contributed by atoms with E-state index >= 15 is 9.59 Å². The molecule has 32 heteroatoms. The molecule has 2 aliphatic heterocycles. The molecule has 2 fully saturated rings. The van der Waals surface area contributed by atoms with Crippen LogP contribution in [0.5, 0.6) is 0 Å². The van der Waals surface area contributed by atoms with Gasteiger partial charge in [-0.1, -0.05) is 146 Å². The molecule has 30 nitrogen and oxygen atoms in total. The molecule has 4 rings (SSSR count). The van der Waals surface area contributed by atoms with E-state index in [0.29, 0.717) is 24.5 Å². The molecule has 0 radical (unpaired) electrons. The highest BCUT2D eigenvalue weighted by atomic mass is 19.1. The lowest BCUT2D eigenvalue weighted by atomic mass is 9.95. The number of aliphatic hydroxyl groups excluding tert-OH is 1. The number of nitrogens with two attached hydrogens (primary N) is 1. The van der Waals surface area contributed by atoms with E-state index in [1.165, 1.54) is 31.7 Å². The molecule has 15 N–H and O–H groups in total. The maximum Gasteiger partial charge on any atom is 0.329 e. The minimum absolute atomic E-state index is 0.00654. The molecule has 2 aromatic carbocycles. The van der Waals surface area contributed by atoms with Crippen molar-refractivity contribution in [1.82, 2.24) is 68.7 Å². The molecule has 2 aromatic rings. The van der Waals surface area contributed by atoms with Crippen LogP contribution in [0, 0.1) is 53.1 Å². The van der Waals surface area contributed by atoms with Gasteiger partial charge >= 0.3 is 5.97 Å². The third kappa shape index (κ3) is 26.4. The van der Waals surface area contributed by atoms with Crippen LogP contribution in [0.2, 0.25) is 0 Å². The third-order valence-corrected chi connectivity index (χ3v) is 19.4. The molecular formula is C76H116F2N14O16. The summed E-state index contributed by atoms with van der Waals surface area (Å²) < 4.78 is 33.8. The zero-order valence-corrected chi connectivity index (χ0v) is 65.2. The monoisotopic (exact) mass is 1520 g/mol. The average Bonchev–Trinajstić information content (AvgIpc) is 1.54. The fourth-order valence-corrected chi connectivity index (χ4v) is 12.3. The van der Waals surface area contributed by atoms with Crippen LogP contribution in [0.3, 0.4) is 0 Å². The number of nitrogens with one attached hydrogen (secondary N) is 12. The second-order valence-electron chi connectivity index (χ2n) is 29.9. The molecule has 0 aromatic heterocycles. The number of aliphatic hydroxyl groups is 1. The van der Waals surface area contributed by atoms with Crippen LogP contribution in [-0.4, -0.2) is 191 Å². The molecule has 108 heavy (non-hydrogen) atoms. The van der Waals surface area contributed by atoms with Crippen LogP contribution in [0.4, 0.5) is 8.78 Å². The fraction of sp³-hybridized carbons (Fsp3) is 0.632. The smallest absolute Gasteiger partial charge is 0.329 e. The van der Waals surface area contributed by atoms with Crippen molar-refractivity contribution in [2.75, 3.05) is 13.1 Å². The largest absolute Gasteiger partial charge is 0.458 e. The minimum Gasteiger partial charge on any atom is -0.458 e. The summed E-state index contributed by atoms with van der Waals surface area (Å²) in [6, 6.07) is -5.82. The van der Waals surface area contributed by atoms with Crippen LogP contribution in [0.15, 0.2) is 60.3 Å². The zero-order chi connectivity index (χ0) is 81.3. The number of esters is 1. The summed E-state index contributed by atoms with van der Waals surface area (Å²) in [5.74, 6) is -18.6. The Bertz CT molecular complexity index is 3500. The zero-order valence-electron chi connectivity index (χ0n) is 65.2. The van der Waals surface area contributed by atoms with Crippen molar-refractivity contribution in [3.8, 4) is 0 Å².